The van der Waals surface area contributed by atoms with Crippen LogP contribution in [0.4, 0.5) is 5.69 Å². The summed E-state index contributed by atoms with van der Waals surface area (Å²) in [5, 5.41) is 15.7. The lowest BCUT2D eigenvalue weighted by atomic mass is 10.2. The quantitative estimate of drug-likeness (QED) is 0.743. The molecule has 2 N–H and O–H groups in total. The summed E-state index contributed by atoms with van der Waals surface area (Å²) in [5.41, 5.74) is 1.12. The molecule has 1 aliphatic rings. The molecule has 0 fully saturated rings. The maximum atomic E-state index is 12.6. The minimum atomic E-state index is -0.0720. The van der Waals surface area contributed by atoms with Crippen LogP contribution in [0.25, 0.3) is 10.1 Å². The maximum Gasteiger partial charge on any atom is 0.261 e. The molecule has 3 aromatic rings. The lowest BCUT2D eigenvalue weighted by Gasteiger charge is -2.16. The number of fused-ring (bicyclic) bond motifs is 2. The average Bonchev–Trinajstić information content (AvgIpc) is 3.23. The standard InChI is InChI=1S/C17H20N6OS/c1-22(2)12-4-3-5-13-11(12)8-14(25-13)17(24)19-10-16-21-20-15-9-18-6-7-23(15)16/h3-5,8,18H,6-7,9-10H2,1-2H3,(H,19,24). The van der Waals surface area contributed by atoms with E-state index in [1.54, 1.807) is 0 Å². The Kier molecular flexibility index (Phi) is 4.14. The fourth-order valence-corrected chi connectivity index (χ4v) is 4.08. The van der Waals surface area contributed by atoms with Crippen molar-refractivity contribution in [3.63, 3.8) is 0 Å². The molecule has 1 aromatic carbocycles. The first kappa shape index (κ1) is 16.0. The number of nitrogens with zero attached hydrogens (tertiary/aromatic N) is 4. The molecule has 130 valence electrons. The van der Waals surface area contributed by atoms with Crippen molar-refractivity contribution in [2.24, 2.45) is 0 Å². The number of thiophene rings is 1. The van der Waals surface area contributed by atoms with Gasteiger partial charge in [0.15, 0.2) is 5.82 Å². The highest BCUT2D eigenvalue weighted by Crippen LogP contribution is 2.32. The molecule has 1 amide bonds. The average molecular weight is 356 g/mol. The van der Waals surface area contributed by atoms with E-state index in [0.717, 1.165) is 47.1 Å². The molecule has 3 heterocycles. The van der Waals surface area contributed by atoms with Crippen molar-refractivity contribution in [2.45, 2.75) is 19.6 Å². The third-order valence-corrected chi connectivity index (χ3v) is 5.45. The highest BCUT2D eigenvalue weighted by atomic mass is 32.1. The summed E-state index contributed by atoms with van der Waals surface area (Å²) in [7, 11) is 4.02. The first-order valence-electron chi connectivity index (χ1n) is 8.23. The van der Waals surface area contributed by atoms with E-state index in [4.69, 9.17) is 0 Å². The number of anilines is 1. The molecule has 0 spiro atoms. The number of hydrogen-bond acceptors (Lipinski definition) is 6. The van der Waals surface area contributed by atoms with Crippen molar-refractivity contribution >= 4 is 33.0 Å². The summed E-state index contributed by atoms with van der Waals surface area (Å²) in [4.78, 5) is 15.3. The zero-order valence-electron chi connectivity index (χ0n) is 14.2. The number of hydrogen-bond donors (Lipinski definition) is 2. The lowest BCUT2D eigenvalue weighted by Crippen LogP contribution is -2.31. The fraction of sp³-hybridized carbons (Fsp3) is 0.353. The van der Waals surface area contributed by atoms with Gasteiger partial charge in [0, 0.05) is 43.0 Å². The van der Waals surface area contributed by atoms with E-state index in [2.05, 4.69) is 36.4 Å². The number of carbonyl (C=O) groups is 1. The van der Waals surface area contributed by atoms with Crippen LogP contribution in [0.3, 0.4) is 0 Å². The fourth-order valence-electron chi connectivity index (χ4n) is 3.08. The van der Waals surface area contributed by atoms with Gasteiger partial charge in [-0.25, -0.2) is 0 Å². The Morgan fingerprint density at radius 2 is 2.28 bits per heavy atom. The molecule has 0 atom stereocenters. The first-order valence-corrected chi connectivity index (χ1v) is 9.05. The topological polar surface area (TPSA) is 75.1 Å². The summed E-state index contributed by atoms with van der Waals surface area (Å²) in [5.74, 6) is 1.66. The van der Waals surface area contributed by atoms with Crippen molar-refractivity contribution in [2.75, 3.05) is 25.5 Å². The molecule has 4 rings (SSSR count). The second-order valence-corrected chi connectivity index (χ2v) is 7.32. The van der Waals surface area contributed by atoms with E-state index >= 15 is 0 Å². The first-order chi connectivity index (χ1) is 12.1. The highest BCUT2D eigenvalue weighted by molar-refractivity contribution is 7.20. The summed E-state index contributed by atoms with van der Waals surface area (Å²) in [6.07, 6.45) is 0. The Labute approximate surface area is 149 Å². The SMILES string of the molecule is CN(C)c1cccc2sc(C(=O)NCc3nnc4n3CCNC4)cc12. The molecule has 25 heavy (non-hydrogen) atoms. The molecule has 0 bridgehead atoms. The van der Waals surface area contributed by atoms with Gasteiger partial charge in [-0.2, -0.15) is 0 Å². The van der Waals surface area contributed by atoms with E-state index in [9.17, 15) is 4.79 Å². The van der Waals surface area contributed by atoms with E-state index in [1.807, 2.05) is 32.3 Å². The molecule has 0 saturated carbocycles. The molecule has 2 aromatic heterocycles. The number of aromatic nitrogens is 3. The second kappa shape index (κ2) is 6.45. The van der Waals surface area contributed by atoms with Crippen molar-refractivity contribution in [1.82, 2.24) is 25.4 Å². The normalized spacial score (nSPS) is 13.7. The van der Waals surface area contributed by atoms with Gasteiger partial charge in [-0.15, -0.1) is 21.5 Å². The minimum Gasteiger partial charge on any atom is -0.377 e. The van der Waals surface area contributed by atoms with Gasteiger partial charge in [0.1, 0.15) is 5.82 Å². The van der Waals surface area contributed by atoms with E-state index in [1.165, 1.54) is 11.3 Å². The van der Waals surface area contributed by atoms with Crippen LogP contribution >= 0.6 is 11.3 Å². The molecular weight excluding hydrogens is 336 g/mol. The number of amides is 1. The lowest BCUT2D eigenvalue weighted by molar-refractivity contribution is 0.0953. The van der Waals surface area contributed by atoms with E-state index in [-0.39, 0.29) is 5.91 Å². The summed E-state index contributed by atoms with van der Waals surface area (Å²) in [6.45, 7) is 2.85. The molecule has 0 saturated heterocycles. The van der Waals surface area contributed by atoms with Gasteiger partial charge in [0.2, 0.25) is 0 Å². The Balaban J connectivity index is 1.52. The molecule has 8 heteroatoms. The number of carbonyl (C=O) groups excluding carboxylic acids is 1. The number of rotatable bonds is 4. The van der Waals surface area contributed by atoms with E-state index < -0.39 is 0 Å². The van der Waals surface area contributed by atoms with Gasteiger partial charge >= 0.3 is 0 Å². The molecule has 0 aliphatic carbocycles. The predicted molar refractivity (Wildman–Crippen MR) is 99.1 cm³/mol. The van der Waals surface area contributed by atoms with E-state index in [0.29, 0.717) is 11.4 Å². The smallest absolute Gasteiger partial charge is 0.261 e. The molecule has 1 aliphatic heterocycles. The Hall–Kier alpha value is -2.45. The monoisotopic (exact) mass is 356 g/mol. The van der Waals surface area contributed by atoms with Gasteiger partial charge in [-0.05, 0) is 18.2 Å². The molecule has 0 radical (unpaired) electrons. The zero-order chi connectivity index (χ0) is 17.4. The maximum absolute atomic E-state index is 12.6. The highest BCUT2D eigenvalue weighted by Gasteiger charge is 2.17. The van der Waals surface area contributed by atoms with Crippen LogP contribution in [0, 0.1) is 0 Å². The van der Waals surface area contributed by atoms with Crippen LogP contribution < -0.4 is 15.5 Å². The third kappa shape index (κ3) is 2.98. The zero-order valence-corrected chi connectivity index (χ0v) is 15.1. The van der Waals surface area contributed by atoms with Crippen LogP contribution in [0.1, 0.15) is 21.3 Å². The van der Waals surface area contributed by atoms with Crippen molar-refractivity contribution in [1.29, 1.82) is 0 Å². The van der Waals surface area contributed by atoms with Crippen LogP contribution in [0.2, 0.25) is 0 Å². The summed E-state index contributed by atoms with van der Waals surface area (Å²) < 4.78 is 3.19. The molecule has 7 nitrogen and oxygen atoms in total. The summed E-state index contributed by atoms with van der Waals surface area (Å²) >= 11 is 1.51. The largest absolute Gasteiger partial charge is 0.377 e. The van der Waals surface area contributed by atoms with Gasteiger partial charge in [-0.1, -0.05) is 6.07 Å². The van der Waals surface area contributed by atoms with Crippen LogP contribution in [-0.4, -0.2) is 41.3 Å². The van der Waals surface area contributed by atoms with Gasteiger partial charge in [0.05, 0.1) is 18.0 Å². The number of nitrogens with one attached hydrogen (secondary N) is 2. The number of benzene rings is 1. The van der Waals surface area contributed by atoms with Crippen molar-refractivity contribution in [3.8, 4) is 0 Å². The van der Waals surface area contributed by atoms with Crippen LogP contribution in [-0.2, 0) is 19.6 Å². The Morgan fingerprint density at radius 3 is 3.12 bits per heavy atom. The van der Waals surface area contributed by atoms with Gasteiger partial charge in [-0.3, -0.25) is 4.79 Å². The molecule has 0 unspecified atom stereocenters. The van der Waals surface area contributed by atoms with Crippen LogP contribution in [0.15, 0.2) is 24.3 Å². The van der Waals surface area contributed by atoms with Crippen molar-refractivity contribution in [3.05, 3.63) is 40.8 Å². The van der Waals surface area contributed by atoms with Crippen molar-refractivity contribution < 1.29 is 4.79 Å². The minimum absolute atomic E-state index is 0.0720. The summed E-state index contributed by atoms with van der Waals surface area (Å²) in [6, 6.07) is 8.10. The second-order valence-electron chi connectivity index (χ2n) is 6.24. The Bertz CT molecular complexity index is 929. The third-order valence-electron chi connectivity index (χ3n) is 4.35. The van der Waals surface area contributed by atoms with Gasteiger partial charge < -0.3 is 20.1 Å². The molecular formula is C17H20N6OS. The van der Waals surface area contributed by atoms with Crippen LogP contribution in [0.5, 0.6) is 0 Å². The van der Waals surface area contributed by atoms with Gasteiger partial charge in [0.25, 0.3) is 5.91 Å². The Morgan fingerprint density at radius 1 is 1.40 bits per heavy atom. The predicted octanol–water partition coefficient (Wildman–Crippen LogP) is 1.59.